The molecule has 0 bridgehead atoms. The molecular weight excluding hydrogens is 248 g/mol. The van der Waals surface area contributed by atoms with Crippen molar-refractivity contribution in [2.24, 2.45) is 0 Å². The molecule has 0 spiro atoms. The number of carbonyl (C=O) groups is 1. The van der Waals surface area contributed by atoms with Gasteiger partial charge in [-0.1, -0.05) is 30.3 Å². The van der Waals surface area contributed by atoms with Crippen molar-refractivity contribution in [1.29, 1.82) is 0 Å². The van der Waals surface area contributed by atoms with Crippen molar-refractivity contribution in [3.05, 3.63) is 66.0 Å². The lowest BCUT2D eigenvalue weighted by Gasteiger charge is -2.17. The standard InChI is InChI=1S/C17H20N2O/c1-19(14-11-16-9-12-18-13-10-16)17(20)8-7-15-5-3-2-4-6-15/h2-6,9-10,12-13H,7-8,11,14H2,1H3. The molecule has 0 saturated carbocycles. The molecule has 0 fully saturated rings. The third-order valence-electron chi connectivity index (χ3n) is 3.38. The molecule has 20 heavy (non-hydrogen) atoms. The van der Waals surface area contributed by atoms with Gasteiger partial charge in [0.25, 0.3) is 0 Å². The molecule has 0 N–H and O–H groups in total. The van der Waals surface area contributed by atoms with Crippen LogP contribution in [0.15, 0.2) is 54.9 Å². The van der Waals surface area contributed by atoms with Crippen molar-refractivity contribution in [2.75, 3.05) is 13.6 Å². The average Bonchev–Trinajstić information content (AvgIpc) is 2.52. The highest BCUT2D eigenvalue weighted by Crippen LogP contribution is 2.05. The Labute approximate surface area is 120 Å². The van der Waals surface area contributed by atoms with Gasteiger partial charge in [-0.15, -0.1) is 0 Å². The maximum Gasteiger partial charge on any atom is 0.222 e. The van der Waals surface area contributed by atoms with E-state index in [2.05, 4.69) is 17.1 Å². The van der Waals surface area contributed by atoms with Gasteiger partial charge in [0.05, 0.1) is 0 Å². The van der Waals surface area contributed by atoms with Gasteiger partial charge >= 0.3 is 0 Å². The van der Waals surface area contributed by atoms with E-state index in [1.807, 2.05) is 42.3 Å². The molecule has 0 aliphatic carbocycles. The van der Waals surface area contributed by atoms with E-state index in [9.17, 15) is 4.79 Å². The highest BCUT2D eigenvalue weighted by molar-refractivity contribution is 5.76. The van der Waals surface area contributed by atoms with Gasteiger partial charge in [-0.25, -0.2) is 0 Å². The van der Waals surface area contributed by atoms with Crippen molar-refractivity contribution in [3.8, 4) is 0 Å². The van der Waals surface area contributed by atoms with Crippen LogP contribution in [0.2, 0.25) is 0 Å². The Bertz CT molecular complexity index is 525. The Balaban J connectivity index is 1.75. The van der Waals surface area contributed by atoms with Crippen LogP contribution in [0.3, 0.4) is 0 Å². The van der Waals surface area contributed by atoms with Gasteiger partial charge in [0, 0.05) is 32.4 Å². The van der Waals surface area contributed by atoms with Gasteiger partial charge in [-0.05, 0) is 36.1 Å². The summed E-state index contributed by atoms with van der Waals surface area (Å²) in [5.41, 5.74) is 2.42. The molecule has 1 aromatic heterocycles. The molecule has 1 aromatic carbocycles. The summed E-state index contributed by atoms with van der Waals surface area (Å²) >= 11 is 0. The Morgan fingerprint density at radius 1 is 1.00 bits per heavy atom. The monoisotopic (exact) mass is 268 g/mol. The van der Waals surface area contributed by atoms with E-state index >= 15 is 0 Å². The van der Waals surface area contributed by atoms with E-state index in [4.69, 9.17) is 0 Å². The van der Waals surface area contributed by atoms with Crippen LogP contribution in [0.25, 0.3) is 0 Å². The lowest BCUT2D eigenvalue weighted by Crippen LogP contribution is -2.29. The molecule has 0 radical (unpaired) electrons. The molecule has 3 nitrogen and oxygen atoms in total. The minimum absolute atomic E-state index is 0.197. The largest absolute Gasteiger partial charge is 0.345 e. The first-order valence-corrected chi connectivity index (χ1v) is 6.92. The number of aryl methyl sites for hydroxylation is 1. The highest BCUT2D eigenvalue weighted by atomic mass is 16.2. The Hall–Kier alpha value is -2.16. The van der Waals surface area contributed by atoms with Crippen LogP contribution in [0.5, 0.6) is 0 Å². The van der Waals surface area contributed by atoms with Gasteiger partial charge in [-0.2, -0.15) is 0 Å². The lowest BCUT2D eigenvalue weighted by atomic mass is 10.1. The summed E-state index contributed by atoms with van der Waals surface area (Å²) in [4.78, 5) is 17.9. The van der Waals surface area contributed by atoms with E-state index < -0.39 is 0 Å². The van der Waals surface area contributed by atoms with Gasteiger partial charge < -0.3 is 4.90 Å². The number of likely N-dealkylation sites (N-methyl/N-ethyl adjacent to an activating group) is 1. The third-order valence-corrected chi connectivity index (χ3v) is 3.38. The fourth-order valence-electron chi connectivity index (χ4n) is 2.06. The summed E-state index contributed by atoms with van der Waals surface area (Å²) in [5, 5.41) is 0. The SMILES string of the molecule is CN(CCc1ccncc1)C(=O)CCc1ccccc1. The molecule has 104 valence electrons. The summed E-state index contributed by atoms with van der Waals surface area (Å²) in [6.45, 7) is 0.748. The molecular formula is C17H20N2O. The van der Waals surface area contributed by atoms with E-state index in [1.165, 1.54) is 11.1 Å². The zero-order chi connectivity index (χ0) is 14.2. The zero-order valence-electron chi connectivity index (χ0n) is 11.8. The lowest BCUT2D eigenvalue weighted by molar-refractivity contribution is -0.129. The zero-order valence-corrected chi connectivity index (χ0v) is 11.8. The minimum atomic E-state index is 0.197. The summed E-state index contributed by atoms with van der Waals surface area (Å²) in [6.07, 6.45) is 5.81. The van der Waals surface area contributed by atoms with Crippen LogP contribution < -0.4 is 0 Å². The number of amides is 1. The van der Waals surface area contributed by atoms with Crippen LogP contribution >= 0.6 is 0 Å². The number of rotatable bonds is 6. The van der Waals surface area contributed by atoms with E-state index in [0.717, 1.165) is 19.4 Å². The van der Waals surface area contributed by atoms with Gasteiger partial charge in [-0.3, -0.25) is 9.78 Å². The smallest absolute Gasteiger partial charge is 0.222 e. The second-order valence-electron chi connectivity index (χ2n) is 4.91. The quantitative estimate of drug-likeness (QED) is 0.807. The van der Waals surface area contributed by atoms with Gasteiger partial charge in [0.1, 0.15) is 0 Å². The van der Waals surface area contributed by atoms with Crippen molar-refractivity contribution < 1.29 is 4.79 Å². The highest BCUT2D eigenvalue weighted by Gasteiger charge is 2.08. The molecule has 0 unspecified atom stereocenters. The van der Waals surface area contributed by atoms with Crippen molar-refractivity contribution in [2.45, 2.75) is 19.3 Å². The number of benzene rings is 1. The van der Waals surface area contributed by atoms with E-state index in [-0.39, 0.29) is 5.91 Å². The van der Waals surface area contributed by atoms with Gasteiger partial charge in [0.2, 0.25) is 5.91 Å². The number of nitrogens with zero attached hydrogens (tertiary/aromatic N) is 2. The molecule has 0 aliphatic rings. The predicted molar refractivity (Wildman–Crippen MR) is 80.3 cm³/mol. The van der Waals surface area contributed by atoms with Crippen molar-refractivity contribution in [3.63, 3.8) is 0 Å². The number of aromatic nitrogens is 1. The molecule has 1 amide bonds. The number of carbonyl (C=O) groups excluding carboxylic acids is 1. The van der Waals surface area contributed by atoms with E-state index in [0.29, 0.717) is 6.42 Å². The summed E-state index contributed by atoms with van der Waals surface area (Å²) in [7, 11) is 1.87. The Morgan fingerprint density at radius 2 is 1.65 bits per heavy atom. The second kappa shape index (κ2) is 7.43. The molecule has 3 heteroatoms. The molecule has 0 aliphatic heterocycles. The van der Waals surface area contributed by atoms with Crippen LogP contribution in [0.4, 0.5) is 0 Å². The molecule has 2 aromatic rings. The summed E-state index contributed by atoms with van der Waals surface area (Å²) < 4.78 is 0. The number of hydrogen-bond donors (Lipinski definition) is 0. The van der Waals surface area contributed by atoms with Crippen LogP contribution in [-0.2, 0) is 17.6 Å². The van der Waals surface area contributed by atoms with E-state index in [1.54, 1.807) is 12.4 Å². The van der Waals surface area contributed by atoms with Crippen LogP contribution in [0.1, 0.15) is 17.5 Å². The number of hydrogen-bond acceptors (Lipinski definition) is 2. The Kier molecular flexibility index (Phi) is 5.30. The normalized spacial score (nSPS) is 10.2. The first-order valence-electron chi connectivity index (χ1n) is 6.92. The predicted octanol–water partition coefficient (Wildman–Crippen LogP) is 2.72. The minimum Gasteiger partial charge on any atom is -0.345 e. The number of pyridine rings is 1. The van der Waals surface area contributed by atoms with Crippen LogP contribution in [-0.4, -0.2) is 29.4 Å². The molecule has 0 saturated heterocycles. The van der Waals surface area contributed by atoms with Crippen molar-refractivity contribution in [1.82, 2.24) is 9.88 Å². The molecule has 2 rings (SSSR count). The van der Waals surface area contributed by atoms with Crippen LogP contribution in [0, 0.1) is 0 Å². The second-order valence-corrected chi connectivity index (χ2v) is 4.91. The maximum absolute atomic E-state index is 12.1. The van der Waals surface area contributed by atoms with Gasteiger partial charge in [0.15, 0.2) is 0 Å². The average molecular weight is 268 g/mol. The van der Waals surface area contributed by atoms with Crippen molar-refractivity contribution >= 4 is 5.91 Å². The third kappa shape index (κ3) is 4.50. The maximum atomic E-state index is 12.1. The molecule has 1 heterocycles. The summed E-state index contributed by atoms with van der Waals surface area (Å²) in [6, 6.07) is 14.1. The molecule has 0 atom stereocenters. The fourth-order valence-corrected chi connectivity index (χ4v) is 2.06. The summed E-state index contributed by atoms with van der Waals surface area (Å²) in [5.74, 6) is 0.197. The fraction of sp³-hybridized carbons (Fsp3) is 0.294. The topological polar surface area (TPSA) is 33.2 Å². The first kappa shape index (κ1) is 14.3. The first-order chi connectivity index (χ1) is 9.75. The Morgan fingerprint density at radius 3 is 2.35 bits per heavy atom.